The molecule has 96 valence electrons. The van der Waals surface area contributed by atoms with Crippen molar-refractivity contribution in [3.63, 3.8) is 0 Å². The number of aromatic nitrogens is 4. The average Bonchev–Trinajstić information content (AvgIpc) is 2.71. The molecule has 0 aliphatic rings. The number of hydrogen-bond donors (Lipinski definition) is 1. The number of nitrogens with one attached hydrogen (secondary N) is 1. The maximum atomic E-state index is 4.47. The van der Waals surface area contributed by atoms with Crippen molar-refractivity contribution in [2.24, 2.45) is 7.05 Å². The van der Waals surface area contributed by atoms with Gasteiger partial charge < -0.3 is 5.32 Å². The Bertz CT molecular complexity index is 503. The predicted octanol–water partition coefficient (Wildman–Crippen LogP) is 2.51. The van der Waals surface area contributed by atoms with Crippen molar-refractivity contribution in [1.82, 2.24) is 19.7 Å². The summed E-state index contributed by atoms with van der Waals surface area (Å²) in [6.45, 7) is 6.35. The molecule has 0 aliphatic heterocycles. The van der Waals surface area contributed by atoms with Gasteiger partial charge in [0, 0.05) is 25.6 Å². The van der Waals surface area contributed by atoms with Crippen LogP contribution < -0.4 is 5.32 Å². The van der Waals surface area contributed by atoms with Crippen molar-refractivity contribution in [3.05, 3.63) is 36.2 Å². The minimum atomic E-state index is 0.111. The smallest absolute Gasteiger partial charge is 0.0881 e. The summed E-state index contributed by atoms with van der Waals surface area (Å²) in [6.07, 6.45) is 7.17. The fourth-order valence-electron chi connectivity index (χ4n) is 1.88. The number of rotatable bonds is 4. The monoisotopic (exact) mass is 245 g/mol. The lowest BCUT2D eigenvalue weighted by Crippen LogP contribution is -2.09. The Kier molecular flexibility index (Phi) is 3.60. The van der Waals surface area contributed by atoms with Crippen LogP contribution in [0.3, 0.4) is 0 Å². The van der Waals surface area contributed by atoms with E-state index in [0.717, 1.165) is 17.1 Å². The van der Waals surface area contributed by atoms with Crippen LogP contribution in [0.2, 0.25) is 0 Å². The quantitative estimate of drug-likeness (QED) is 0.899. The first-order valence-electron chi connectivity index (χ1n) is 6.14. The largest absolute Gasteiger partial charge is 0.374 e. The highest BCUT2D eigenvalue weighted by atomic mass is 15.3. The lowest BCUT2D eigenvalue weighted by Gasteiger charge is -2.14. The van der Waals surface area contributed by atoms with E-state index >= 15 is 0 Å². The molecule has 0 spiro atoms. The average molecular weight is 245 g/mol. The van der Waals surface area contributed by atoms with Crippen LogP contribution in [-0.2, 0) is 7.05 Å². The summed E-state index contributed by atoms with van der Waals surface area (Å²) >= 11 is 0. The first-order chi connectivity index (χ1) is 8.58. The third kappa shape index (κ3) is 2.67. The van der Waals surface area contributed by atoms with Crippen molar-refractivity contribution in [3.8, 4) is 0 Å². The summed E-state index contributed by atoms with van der Waals surface area (Å²) in [5, 5.41) is 7.92. The van der Waals surface area contributed by atoms with Gasteiger partial charge in [-0.25, -0.2) is 0 Å². The Morgan fingerprint density at radius 3 is 2.61 bits per heavy atom. The molecule has 5 nitrogen and oxygen atoms in total. The fraction of sp³-hybridized carbons (Fsp3) is 0.462. The third-order valence-electron chi connectivity index (χ3n) is 2.80. The van der Waals surface area contributed by atoms with E-state index in [1.54, 1.807) is 18.6 Å². The zero-order valence-corrected chi connectivity index (χ0v) is 11.3. The lowest BCUT2D eigenvalue weighted by molar-refractivity contribution is 0.712. The Balaban J connectivity index is 2.19. The third-order valence-corrected chi connectivity index (χ3v) is 2.80. The molecule has 0 fully saturated rings. The second-order valence-corrected chi connectivity index (χ2v) is 4.75. The lowest BCUT2D eigenvalue weighted by atomic mass is 10.1. The summed E-state index contributed by atoms with van der Waals surface area (Å²) in [7, 11) is 1.93. The standard InChI is InChI=1S/C13H19N5/c1-9(2)13-12(8-18(4)17-13)16-10(3)11-7-14-5-6-15-11/h5-10,16H,1-4H3. The Hall–Kier alpha value is -1.91. The second-order valence-electron chi connectivity index (χ2n) is 4.75. The summed E-state index contributed by atoms with van der Waals surface area (Å²) in [5.74, 6) is 0.391. The Morgan fingerprint density at radius 2 is 2.00 bits per heavy atom. The van der Waals surface area contributed by atoms with Gasteiger partial charge in [0.15, 0.2) is 0 Å². The molecule has 2 heterocycles. The Labute approximate surface area is 107 Å². The molecule has 2 aromatic heterocycles. The van der Waals surface area contributed by atoms with Gasteiger partial charge in [-0.1, -0.05) is 13.8 Å². The highest BCUT2D eigenvalue weighted by molar-refractivity contribution is 5.49. The van der Waals surface area contributed by atoms with E-state index in [4.69, 9.17) is 0 Å². The first kappa shape index (κ1) is 12.5. The SMILES string of the molecule is CC(C)c1nn(C)cc1NC(C)c1cnccn1. The molecule has 1 N–H and O–H groups in total. The normalized spacial score (nSPS) is 12.7. The summed E-state index contributed by atoms with van der Waals surface area (Å²) in [6, 6.07) is 0.111. The molecule has 0 saturated heterocycles. The number of nitrogens with zero attached hydrogens (tertiary/aromatic N) is 4. The molecule has 2 aromatic rings. The van der Waals surface area contributed by atoms with Gasteiger partial charge in [0.2, 0.25) is 0 Å². The zero-order valence-electron chi connectivity index (χ0n) is 11.3. The maximum absolute atomic E-state index is 4.47. The summed E-state index contributed by atoms with van der Waals surface area (Å²) in [4.78, 5) is 8.39. The highest BCUT2D eigenvalue weighted by Gasteiger charge is 2.14. The van der Waals surface area contributed by atoms with Gasteiger partial charge in [-0.3, -0.25) is 14.6 Å². The van der Waals surface area contributed by atoms with Gasteiger partial charge >= 0.3 is 0 Å². The second kappa shape index (κ2) is 5.16. The van der Waals surface area contributed by atoms with Crippen molar-refractivity contribution in [2.75, 3.05) is 5.32 Å². The van der Waals surface area contributed by atoms with Crippen LogP contribution in [-0.4, -0.2) is 19.7 Å². The minimum Gasteiger partial charge on any atom is -0.374 e. The topological polar surface area (TPSA) is 55.6 Å². The van der Waals surface area contributed by atoms with Gasteiger partial charge in [-0.05, 0) is 12.8 Å². The van der Waals surface area contributed by atoms with Gasteiger partial charge in [-0.15, -0.1) is 0 Å². The molecule has 0 aliphatic carbocycles. The molecule has 0 aromatic carbocycles. The number of aryl methyl sites for hydroxylation is 1. The summed E-state index contributed by atoms with van der Waals surface area (Å²) < 4.78 is 1.83. The molecule has 1 atom stereocenters. The van der Waals surface area contributed by atoms with Gasteiger partial charge in [0.05, 0.1) is 29.3 Å². The fourth-order valence-corrected chi connectivity index (χ4v) is 1.88. The van der Waals surface area contributed by atoms with Gasteiger partial charge in [0.1, 0.15) is 0 Å². The van der Waals surface area contributed by atoms with Crippen LogP contribution in [0.15, 0.2) is 24.8 Å². The number of anilines is 1. The van der Waals surface area contributed by atoms with Crippen LogP contribution in [0.25, 0.3) is 0 Å². The molecular formula is C13H19N5. The molecule has 0 radical (unpaired) electrons. The van der Waals surface area contributed by atoms with E-state index in [0.29, 0.717) is 5.92 Å². The molecule has 0 bridgehead atoms. The molecule has 18 heavy (non-hydrogen) atoms. The van der Waals surface area contributed by atoms with Crippen LogP contribution >= 0.6 is 0 Å². The molecule has 0 saturated carbocycles. The first-order valence-corrected chi connectivity index (χ1v) is 6.14. The van der Waals surface area contributed by atoms with Crippen LogP contribution in [0, 0.1) is 0 Å². The van der Waals surface area contributed by atoms with E-state index in [1.165, 1.54) is 0 Å². The van der Waals surface area contributed by atoms with Crippen molar-refractivity contribution in [2.45, 2.75) is 32.7 Å². The van der Waals surface area contributed by atoms with Crippen molar-refractivity contribution >= 4 is 5.69 Å². The van der Waals surface area contributed by atoms with Gasteiger partial charge in [-0.2, -0.15) is 5.10 Å². The molecular weight excluding hydrogens is 226 g/mol. The van der Waals surface area contributed by atoms with E-state index < -0.39 is 0 Å². The predicted molar refractivity (Wildman–Crippen MR) is 71.4 cm³/mol. The van der Waals surface area contributed by atoms with Gasteiger partial charge in [0.25, 0.3) is 0 Å². The molecule has 2 rings (SSSR count). The van der Waals surface area contributed by atoms with Crippen LogP contribution in [0.4, 0.5) is 5.69 Å². The highest BCUT2D eigenvalue weighted by Crippen LogP contribution is 2.25. The van der Waals surface area contributed by atoms with Crippen molar-refractivity contribution in [1.29, 1.82) is 0 Å². The maximum Gasteiger partial charge on any atom is 0.0881 e. The summed E-state index contributed by atoms with van der Waals surface area (Å²) in [5.41, 5.74) is 3.06. The van der Waals surface area contributed by atoms with Crippen LogP contribution in [0.1, 0.15) is 44.1 Å². The molecule has 1 unspecified atom stereocenters. The number of hydrogen-bond acceptors (Lipinski definition) is 4. The minimum absolute atomic E-state index is 0.111. The molecule has 0 amide bonds. The van der Waals surface area contributed by atoms with E-state index in [1.807, 2.05) is 17.9 Å². The van der Waals surface area contributed by atoms with E-state index in [-0.39, 0.29) is 6.04 Å². The zero-order chi connectivity index (χ0) is 13.1. The van der Waals surface area contributed by atoms with E-state index in [9.17, 15) is 0 Å². The molecule has 5 heteroatoms. The van der Waals surface area contributed by atoms with E-state index in [2.05, 4.69) is 41.2 Å². The Morgan fingerprint density at radius 1 is 1.22 bits per heavy atom. The van der Waals surface area contributed by atoms with Crippen molar-refractivity contribution < 1.29 is 0 Å². The van der Waals surface area contributed by atoms with Crippen LogP contribution in [0.5, 0.6) is 0 Å².